The van der Waals surface area contributed by atoms with Crippen molar-refractivity contribution in [1.82, 2.24) is 14.4 Å². The standard InChI is InChI=1S/C19H25ClN4O2.C2HF3O2/c1-4-23(5-2)18(25)16-10-13(21)11-24(16)19(26)15-9-12-7-6-8-14(20)17(12)22(15)3;3-2(4,5)1(6)7/h6-9,13,16H,4-5,10-11,21H2,1-3H3;(H,6,7)/t13-,16-;/m0./s1. The highest BCUT2D eigenvalue weighted by molar-refractivity contribution is 6.35. The van der Waals surface area contributed by atoms with Crippen molar-refractivity contribution < 1.29 is 32.7 Å². The van der Waals surface area contributed by atoms with Crippen LogP contribution in [0, 0.1) is 0 Å². The Morgan fingerprint density at radius 1 is 1.24 bits per heavy atom. The number of alkyl halides is 3. The average molecular weight is 491 g/mol. The zero-order valence-electron chi connectivity index (χ0n) is 18.4. The number of benzene rings is 1. The van der Waals surface area contributed by atoms with E-state index in [9.17, 15) is 22.8 Å². The quantitative estimate of drug-likeness (QED) is 0.685. The minimum atomic E-state index is -5.08. The van der Waals surface area contributed by atoms with Crippen molar-refractivity contribution in [1.29, 1.82) is 0 Å². The maximum Gasteiger partial charge on any atom is 0.490 e. The Kier molecular flexibility index (Phi) is 8.36. The Balaban J connectivity index is 0.000000479. The van der Waals surface area contributed by atoms with E-state index in [-0.39, 0.29) is 17.9 Å². The largest absolute Gasteiger partial charge is 0.490 e. The van der Waals surface area contributed by atoms with Crippen molar-refractivity contribution in [3.05, 3.63) is 35.0 Å². The zero-order valence-corrected chi connectivity index (χ0v) is 19.2. The molecule has 0 saturated carbocycles. The smallest absolute Gasteiger partial charge is 0.475 e. The number of carbonyl (C=O) groups is 3. The third kappa shape index (κ3) is 5.77. The highest BCUT2D eigenvalue weighted by atomic mass is 35.5. The molecule has 2 atom stereocenters. The van der Waals surface area contributed by atoms with E-state index in [1.54, 1.807) is 20.4 Å². The van der Waals surface area contributed by atoms with Gasteiger partial charge in [-0.15, -0.1) is 0 Å². The van der Waals surface area contributed by atoms with Crippen molar-refractivity contribution in [3.63, 3.8) is 0 Å². The number of para-hydroxylation sites is 1. The van der Waals surface area contributed by atoms with Gasteiger partial charge in [-0.3, -0.25) is 9.59 Å². The highest BCUT2D eigenvalue weighted by Crippen LogP contribution is 2.28. The number of halogens is 4. The summed E-state index contributed by atoms with van der Waals surface area (Å²) in [5.41, 5.74) is 7.42. The molecule has 12 heteroatoms. The summed E-state index contributed by atoms with van der Waals surface area (Å²) in [6.07, 6.45) is -4.59. The van der Waals surface area contributed by atoms with E-state index >= 15 is 0 Å². The normalized spacial score (nSPS) is 18.1. The topological polar surface area (TPSA) is 109 Å². The van der Waals surface area contributed by atoms with Crippen LogP contribution in [-0.2, 0) is 16.6 Å². The number of carboxylic acid groups (broad SMARTS) is 1. The summed E-state index contributed by atoms with van der Waals surface area (Å²) in [7, 11) is 1.82. The first-order valence-corrected chi connectivity index (χ1v) is 10.6. The zero-order chi connectivity index (χ0) is 25.1. The number of carboxylic acids is 1. The first-order valence-electron chi connectivity index (χ1n) is 10.2. The number of aryl methyl sites for hydroxylation is 1. The Labute approximate surface area is 193 Å². The molecule has 1 aromatic carbocycles. The number of rotatable bonds is 4. The van der Waals surface area contributed by atoms with Gasteiger partial charge in [-0.2, -0.15) is 13.2 Å². The number of hydrogen-bond donors (Lipinski definition) is 2. The van der Waals surface area contributed by atoms with Gasteiger partial charge >= 0.3 is 12.1 Å². The first kappa shape index (κ1) is 26.5. The Morgan fingerprint density at radius 2 is 1.82 bits per heavy atom. The molecule has 0 aliphatic carbocycles. The number of nitrogens with zero attached hydrogens (tertiary/aromatic N) is 3. The fourth-order valence-electron chi connectivity index (χ4n) is 3.79. The molecule has 2 heterocycles. The second-order valence-electron chi connectivity index (χ2n) is 7.55. The van der Waals surface area contributed by atoms with Gasteiger partial charge in [0.1, 0.15) is 11.7 Å². The third-order valence-corrected chi connectivity index (χ3v) is 5.73. The molecule has 0 spiro atoms. The van der Waals surface area contributed by atoms with Crippen molar-refractivity contribution in [2.24, 2.45) is 12.8 Å². The van der Waals surface area contributed by atoms with Crippen LogP contribution in [0.5, 0.6) is 0 Å². The fourth-order valence-corrected chi connectivity index (χ4v) is 4.10. The highest BCUT2D eigenvalue weighted by Gasteiger charge is 2.41. The van der Waals surface area contributed by atoms with Gasteiger partial charge in [0.05, 0.1) is 10.5 Å². The lowest BCUT2D eigenvalue weighted by atomic mass is 10.1. The van der Waals surface area contributed by atoms with Gasteiger partial charge in [-0.25, -0.2) is 4.79 Å². The summed E-state index contributed by atoms with van der Waals surface area (Å²) in [5, 5.41) is 8.62. The Morgan fingerprint density at radius 3 is 2.30 bits per heavy atom. The van der Waals surface area contributed by atoms with E-state index in [1.807, 2.05) is 39.1 Å². The van der Waals surface area contributed by atoms with Crippen LogP contribution in [0.1, 0.15) is 30.8 Å². The molecule has 1 aromatic heterocycles. The van der Waals surface area contributed by atoms with Gasteiger partial charge in [-0.1, -0.05) is 23.7 Å². The summed E-state index contributed by atoms with van der Waals surface area (Å²) < 4.78 is 33.5. The van der Waals surface area contributed by atoms with Gasteiger partial charge in [0.15, 0.2) is 0 Å². The molecule has 1 fully saturated rings. The number of hydrogen-bond acceptors (Lipinski definition) is 4. The lowest BCUT2D eigenvalue weighted by Gasteiger charge is -2.29. The number of aliphatic carboxylic acids is 1. The maximum atomic E-state index is 13.2. The second kappa shape index (κ2) is 10.4. The molecular weight excluding hydrogens is 465 g/mol. The fraction of sp³-hybridized carbons (Fsp3) is 0.476. The molecule has 33 heavy (non-hydrogen) atoms. The van der Waals surface area contributed by atoms with Gasteiger partial charge < -0.3 is 25.2 Å². The van der Waals surface area contributed by atoms with E-state index in [1.165, 1.54) is 0 Å². The van der Waals surface area contributed by atoms with Crippen LogP contribution in [0.25, 0.3) is 10.9 Å². The molecule has 3 rings (SSSR count). The van der Waals surface area contributed by atoms with Crippen molar-refractivity contribution in [2.75, 3.05) is 19.6 Å². The first-order chi connectivity index (χ1) is 15.3. The van der Waals surface area contributed by atoms with Gasteiger partial charge in [-0.05, 0) is 32.4 Å². The lowest BCUT2D eigenvalue weighted by Crippen LogP contribution is -2.48. The summed E-state index contributed by atoms with van der Waals surface area (Å²) in [6, 6.07) is 6.71. The molecule has 0 radical (unpaired) electrons. The number of nitrogens with two attached hydrogens (primary N) is 1. The SMILES string of the molecule is CCN(CC)C(=O)[C@@H]1C[C@H](N)CN1C(=O)c1cc2cccc(Cl)c2n1C.O=C(O)C(F)(F)F. The number of fused-ring (bicyclic) bond motifs is 1. The molecule has 1 aliphatic rings. The number of likely N-dealkylation sites (tertiary alicyclic amines) is 1. The molecule has 2 aromatic rings. The van der Waals surface area contributed by atoms with E-state index in [0.717, 1.165) is 10.9 Å². The predicted molar refractivity (Wildman–Crippen MR) is 117 cm³/mol. The molecule has 182 valence electrons. The maximum absolute atomic E-state index is 13.2. The van der Waals surface area contributed by atoms with Gasteiger partial charge in [0.25, 0.3) is 5.91 Å². The predicted octanol–water partition coefficient (Wildman–Crippen LogP) is 2.88. The van der Waals surface area contributed by atoms with Crippen LogP contribution < -0.4 is 5.73 Å². The van der Waals surface area contributed by atoms with Crippen LogP contribution in [0.4, 0.5) is 13.2 Å². The van der Waals surface area contributed by atoms with E-state index in [0.29, 0.717) is 36.8 Å². The minimum Gasteiger partial charge on any atom is -0.475 e. The van der Waals surface area contributed by atoms with Crippen LogP contribution in [0.15, 0.2) is 24.3 Å². The van der Waals surface area contributed by atoms with Crippen molar-refractivity contribution >= 4 is 40.3 Å². The summed E-state index contributed by atoms with van der Waals surface area (Å²) in [4.78, 5) is 38.4. The summed E-state index contributed by atoms with van der Waals surface area (Å²) in [5.74, 6) is -2.97. The number of carbonyl (C=O) groups excluding carboxylic acids is 2. The van der Waals surface area contributed by atoms with E-state index in [4.69, 9.17) is 27.2 Å². The van der Waals surface area contributed by atoms with Crippen LogP contribution >= 0.6 is 11.6 Å². The lowest BCUT2D eigenvalue weighted by molar-refractivity contribution is -0.192. The van der Waals surface area contributed by atoms with Gasteiger partial charge in [0, 0.05) is 38.1 Å². The van der Waals surface area contributed by atoms with E-state index in [2.05, 4.69) is 0 Å². The van der Waals surface area contributed by atoms with Crippen molar-refractivity contribution in [3.8, 4) is 0 Å². The molecular formula is C21H26ClF3N4O4. The molecule has 0 unspecified atom stereocenters. The number of likely N-dealkylation sites (N-methyl/N-ethyl adjacent to an activating group) is 1. The molecule has 0 bridgehead atoms. The van der Waals surface area contributed by atoms with Gasteiger partial charge in [0.2, 0.25) is 5.91 Å². The van der Waals surface area contributed by atoms with Crippen LogP contribution in [0.2, 0.25) is 5.02 Å². The molecule has 2 amide bonds. The third-order valence-electron chi connectivity index (χ3n) is 5.42. The average Bonchev–Trinajstić information content (AvgIpc) is 3.29. The van der Waals surface area contributed by atoms with Crippen molar-refractivity contribution in [2.45, 2.75) is 38.5 Å². The van der Waals surface area contributed by atoms with Crippen LogP contribution in [0.3, 0.4) is 0 Å². The van der Waals surface area contributed by atoms with E-state index < -0.39 is 18.2 Å². The summed E-state index contributed by atoms with van der Waals surface area (Å²) in [6.45, 7) is 5.49. The second-order valence-corrected chi connectivity index (χ2v) is 7.96. The van der Waals surface area contributed by atoms with Crippen LogP contribution in [-0.4, -0.2) is 75.2 Å². The minimum absolute atomic E-state index is 0.0342. The molecule has 8 nitrogen and oxygen atoms in total. The Bertz CT molecular complexity index is 1040. The summed E-state index contributed by atoms with van der Waals surface area (Å²) >= 11 is 6.29. The Hall–Kier alpha value is -2.79. The molecule has 1 aliphatic heterocycles. The molecule has 3 N–H and O–H groups in total. The number of aromatic nitrogens is 1. The monoisotopic (exact) mass is 490 g/mol. The number of amides is 2. The molecule has 1 saturated heterocycles.